The van der Waals surface area contributed by atoms with Crippen molar-refractivity contribution in [1.29, 1.82) is 0 Å². The minimum atomic E-state index is -1.68. The van der Waals surface area contributed by atoms with Crippen LogP contribution < -0.4 is 5.43 Å². The van der Waals surface area contributed by atoms with Crippen molar-refractivity contribution in [2.45, 2.75) is 30.6 Å². The number of fused-ring (bicyclic) bond motifs is 4. The Morgan fingerprint density at radius 1 is 0.917 bits per heavy atom. The fraction of sp³-hybridized carbons (Fsp3) is 0.286. The molecule has 2 saturated heterocycles. The number of likely N-dealkylation sites (tertiary alicyclic amines) is 1. The van der Waals surface area contributed by atoms with Crippen LogP contribution in [0.15, 0.2) is 78.4 Å². The molecular formula is C35H28Cl2FN3O7. The van der Waals surface area contributed by atoms with E-state index < -0.39 is 76.8 Å². The van der Waals surface area contributed by atoms with Gasteiger partial charge in [-0.15, -0.1) is 0 Å². The Bertz CT molecular complexity index is 1920. The van der Waals surface area contributed by atoms with Gasteiger partial charge in [0.1, 0.15) is 11.6 Å². The van der Waals surface area contributed by atoms with E-state index in [9.17, 15) is 33.8 Å². The van der Waals surface area contributed by atoms with Gasteiger partial charge in [-0.05, 0) is 78.9 Å². The molecule has 246 valence electrons. The smallest absolute Gasteiger partial charge is 0.305 e. The number of allylic oxidation sites excluding steroid dienone is 2. The highest BCUT2D eigenvalue weighted by molar-refractivity contribution is 6.31. The summed E-state index contributed by atoms with van der Waals surface area (Å²) in [6.45, 7) is -0.286. The fourth-order valence-corrected chi connectivity index (χ4v) is 8.56. The number of nitrogens with zero attached hydrogens (tertiary/aromatic N) is 2. The van der Waals surface area contributed by atoms with Gasteiger partial charge in [0, 0.05) is 28.1 Å². The first kappa shape index (κ1) is 31.8. The quantitative estimate of drug-likeness (QED) is 0.224. The van der Waals surface area contributed by atoms with Crippen LogP contribution in [0.2, 0.25) is 10.0 Å². The van der Waals surface area contributed by atoms with Crippen LogP contribution in [0.1, 0.15) is 36.3 Å². The Kier molecular flexibility index (Phi) is 7.79. The number of carbonyl (C=O) groups excluding carboxylic acids is 4. The molecule has 0 aromatic heterocycles. The van der Waals surface area contributed by atoms with Crippen LogP contribution in [0.5, 0.6) is 5.75 Å². The number of phenolic OH excluding ortho intramolecular Hbond substituents is 1. The van der Waals surface area contributed by atoms with Gasteiger partial charge in [0.15, 0.2) is 0 Å². The number of carboxylic acids is 1. The molecule has 7 rings (SSSR count). The van der Waals surface area contributed by atoms with Crippen LogP contribution in [0.25, 0.3) is 0 Å². The number of carboxylic acid groups (broad SMARTS) is 1. The highest BCUT2D eigenvalue weighted by Gasteiger charge is 2.70. The monoisotopic (exact) mass is 691 g/mol. The Morgan fingerprint density at radius 3 is 2.29 bits per heavy atom. The average molecular weight is 693 g/mol. The summed E-state index contributed by atoms with van der Waals surface area (Å²) in [5.41, 5.74) is 2.72. The molecule has 6 unspecified atom stereocenters. The Labute approximate surface area is 283 Å². The third-order valence-electron chi connectivity index (χ3n) is 10.2. The molecular weight excluding hydrogens is 664 g/mol. The van der Waals surface area contributed by atoms with E-state index in [2.05, 4.69) is 5.43 Å². The molecule has 48 heavy (non-hydrogen) atoms. The van der Waals surface area contributed by atoms with E-state index in [0.717, 1.165) is 9.91 Å². The third-order valence-corrected chi connectivity index (χ3v) is 10.7. The van der Waals surface area contributed by atoms with E-state index in [1.165, 1.54) is 42.5 Å². The molecule has 4 aliphatic rings. The number of hydrogen-bond donors (Lipinski definition) is 3. The Morgan fingerprint density at radius 2 is 1.60 bits per heavy atom. The minimum Gasteiger partial charge on any atom is -0.508 e. The van der Waals surface area contributed by atoms with Gasteiger partial charge in [-0.2, -0.15) is 5.01 Å². The van der Waals surface area contributed by atoms with Crippen molar-refractivity contribution in [1.82, 2.24) is 9.91 Å². The molecule has 3 N–H and O–H groups in total. The molecule has 6 atom stereocenters. The number of hydrazine groups is 1. The van der Waals surface area contributed by atoms with Crippen LogP contribution in [0, 0.1) is 29.5 Å². The van der Waals surface area contributed by atoms with Crippen LogP contribution in [0.3, 0.4) is 0 Å². The highest BCUT2D eigenvalue weighted by Crippen LogP contribution is 2.65. The van der Waals surface area contributed by atoms with Crippen molar-refractivity contribution in [3.05, 3.63) is 105 Å². The molecule has 2 aliphatic carbocycles. The molecule has 0 radical (unpaired) electrons. The normalized spacial score (nSPS) is 27.8. The number of nitrogens with one attached hydrogen (secondary N) is 1. The molecule has 0 bridgehead atoms. The molecule has 13 heteroatoms. The first-order chi connectivity index (χ1) is 22.9. The summed E-state index contributed by atoms with van der Waals surface area (Å²) in [7, 11) is 0. The van der Waals surface area contributed by atoms with Gasteiger partial charge < -0.3 is 10.2 Å². The number of rotatable bonds is 7. The summed E-state index contributed by atoms with van der Waals surface area (Å²) in [4.78, 5) is 69.3. The van der Waals surface area contributed by atoms with Crippen molar-refractivity contribution in [3.63, 3.8) is 0 Å². The topological polar surface area (TPSA) is 144 Å². The summed E-state index contributed by atoms with van der Waals surface area (Å²) in [5, 5.41) is 22.2. The lowest BCUT2D eigenvalue weighted by Gasteiger charge is -2.50. The number of amides is 4. The van der Waals surface area contributed by atoms with Crippen LogP contribution in [0.4, 0.5) is 10.1 Å². The van der Waals surface area contributed by atoms with Crippen molar-refractivity contribution in [3.8, 4) is 5.75 Å². The first-order valence-corrected chi connectivity index (χ1v) is 16.1. The summed E-state index contributed by atoms with van der Waals surface area (Å²) >= 11 is 12.8. The molecule has 2 aliphatic heterocycles. The van der Waals surface area contributed by atoms with Gasteiger partial charge in [-0.3, -0.25) is 34.3 Å². The van der Waals surface area contributed by atoms with E-state index >= 15 is 4.79 Å². The molecule has 0 spiro atoms. The van der Waals surface area contributed by atoms with Gasteiger partial charge in [-0.1, -0.05) is 47.0 Å². The zero-order valence-corrected chi connectivity index (χ0v) is 26.6. The second kappa shape index (κ2) is 11.7. The predicted octanol–water partition coefficient (Wildman–Crippen LogP) is 5.30. The van der Waals surface area contributed by atoms with Crippen molar-refractivity contribution in [2.24, 2.45) is 23.7 Å². The van der Waals surface area contributed by atoms with E-state index in [0.29, 0.717) is 16.2 Å². The molecule has 1 saturated carbocycles. The SMILES string of the molecule is O=C(O)CCN1C(=O)C2CC=C3C(CC4C(=O)N(Nc5ccc(F)cc5)C(=O)C4(c4ccc(Cl)cc4)C3c3cc(Cl)ccc3O)C2C1=O. The summed E-state index contributed by atoms with van der Waals surface area (Å²) in [6.07, 6.45) is 1.51. The van der Waals surface area contributed by atoms with Gasteiger partial charge in [-0.25, -0.2) is 4.39 Å². The van der Waals surface area contributed by atoms with E-state index in [-0.39, 0.29) is 41.4 Å². The maximum Gasteiger partial charge on any atom is 0.305 e. The molecule has 10 nitrogen and oxygen atoms in total. The number of carbonyl (C=O) groups is 5. The first-order valence-electron chi connectivity index (χ1n) is 15.4. The summed E-state index contributed by atoms with van der Waals surface area (Å²) in [6, 6.07) is 16.0. The number of aliphatic carboxylic acids is 1. The van der Waals surface area contributed by atoms with Gasteiger partial charge in [0.25, 0.3) is 11.8 Å². The maximum atomic E-state index is 15.0. The van der Waals surface area contributed by atoms with Gasteiger partial charge in [0.2, 0.25) is 11.8 Å². The van der Waals surface area contributed by atoms with E-state index in [1.807, 2.05) is 6.08 Å². The standard InChI is InChI=1S/C35H28Cl2FN3O7/c36-18-3-1-17(2-4-18)35-26(32(46)41(34(35)48)39-21-8-6-20(38)7-9-21)16-24-22(30(35)25-15-19(37)5-12-27(25)42)10-11-23-29(24)33(47)40(31(23)45)14-13-28(43)44/h1-10,12,15,23-24,26,29-30,39,42H,11,13-14,16H2,(H,43,44). The Hall–Kier alpha value is -4.74. The van der Waals surface area contributed by atoms with Crippen LogP contribution >= 0.6 is 23.2 Å². The lowest BCUT2D eigenvalue weighted by molar-refractivity contribution is -0.143. The molecule has 3 aromatic rings. The zero-order valence-electron chi connectivity index (χ0n) is 25.1. The summed E-state index contributed by atoms with van der Waals surface area (Å²) < 4.78 is 13.8. The van der Waals surface area contributed by atoms with Crippen LogP contribution in [-0.2, 0) is 29.4 Å². The lowest BCUT2D eigenvalue weighted by atomic mass is 9.49. The predicted molar refractivity (Wildman–Crippen MR) is 171 cm³/mol. The molecule has 3 fully saturated rings. The van der Waals surface area contributed by atoms with Crippen molar-refractivity contribution >= 4 is 58.5 Å². The van der Waals surface area contributed by atoms with Gasteiger partial charge >= 0.3 is 5.97 Å². The average Bonchev–Trinajstić information content (AvgIpc) is 3.43. The second-order valence-electron chi connectivity index (χ2n) is 12.5. The second-order valence-corrected chi connectivity index (χ2v) is 13.4. The van der Waals surface area contributed by atoms with Crippen molar-refractivity contribution in [2.75, 3.05) is 12.0 Å². The minimum absolute atomic E-state index is 0.00852. The largest absolute Gasteiger partial charge is 0.508 e. The number of anilines is 1. The number of hydrogen-bond acceptors (Lipinski definition) is 7. The lowest BCUT2D eigenvalue weighted by Crippen LogP contribution is -2.53. The molecule has 3 aromatic carbocycles. The number of aromatic hydroxyl groups is 1. The summed E-state index contributed by atoms with van der Waals surface area (Å²) in [5.74, 6) is -8.70. The molecule has 4 amide bonds. The van der Waals surface area contributed by atoms with Crippen LogP contribution in [-0.4, -0.2) is 56.3 Å². The highest BCUT2D eigenvalue weighted by atomic mass is 35.5. The number of imide groups is 2. The Balaban J connectivity index is 1.44. The number of halogens is 3. The van der Waals surface area contributed by atoms with Gasteiger partial charge in [0.05, 0.1) is 35.3 Å². The molecule has 2 heterocycles. The fourth-order valence-electron chi connectivity index (χ4n) is 8.25. The zero-order chi connectivity index (χ0) is 34.1. The number of benzene rings is 3. The van der Waals surface area contributed by atoms with E-state index in [4.69, 9.17) is 23.2 Å². The maximum absolute atomic E-state index is 15.0. The van der Waals surface area contributed by atoms with Crippen molar-refractivity contribution < 1.29 is 38.6 Å². The third kappa shape index (κ3) is 4.78. The number of phenols is 1. The van der Waals surface area contributed by atoms with E-state index in [1.54, 1.807) is 24.3 Å².